The van der Waals surface area contributed by atoms with E-state index in [1.165, 1.54) is 5.56 Å². The van der Waals surface area contributed by atoms with Crippen molar-refractivity contribution >= 4 is 5.91 Å². The summed E-state index contributed by atoms with van der Waals surface area (Å²) in [6.45, 7) is 3.74. The molecule has 0 saturated carbocycles. The van der Waals surface area contributed by atoms with Gasteiger partial charge in [0.05, 0.1) is 6.04 Å². The van der Waals surface area contributed by atoms with Gasteiger partial charge in [-0.05, 0) is 54.3 Å². The van der Waals surface area contributed by atoms with Crippen LogP contribution < -0.4 is 5.32 Å². The zero-order valence-electron chi connectivity index (χ0n) is 14.4. The summed E-state index contributed by atoms with van der Waals surface area (Å²) < 4.78 is 0. The molecule has 0 heterocycles. The van der Waals surface area contributed by atoms with E-state index in [4.69, 9.17) is 0 Å². The zero-order chi connectivity index (χ0) is 17.8. The van der Waals surface area contributed by atoms with Gasteiger partial charge in [0.2, 0.25) is 0 Å². The molecule has 3 aromatic carbocycles. The summed E-state index contributed by atoms with van der Waals surface area (Å²) in [5.74, 6) is 0.0452. The van der Waals surface area contributed by atoms with Crippen molar-refractivity contribution in [2.24, 2.45) is 0 Å². The van der Waals surface area contributed by atoms with Crippen LogP contribution in [0.4, 0.5) is 0 Å². The highest BCUT2D eigenvalue weighted by Gasteiger charge is 2.12. The molecule has 0 fully saturated rings. The van der Waals surface area contributed by atoms with Crippen LogP contribution in [0.25, 0.3) is 11.1 Å². The molecule has 0 spiro atoms. The van der Waals surface area contributed by atoms with E-state index in [0.717, 1.165) is 11.1 Å². The first-order chi connectivity index (χ1) is 12.0. The summed E-state index contributed by atoms with van der Waals surface area (Å²) >= 11 is 0. The van der Waals surface area contributed by atoms with Gasteiger partial charge in [0.25, 0.3) is 5.91 Å². The summed E-state index contributed by atoms with van der Waals surface area (Å²) in [7, 11) is 0. The highest BCUT2D eigenvalue weighted by Crippen LogP contribution is 2.22. The van der Waals surface area contributed by atoms with Crippen molar-refractivity contribution in [3.8, 4) is 16.9 Å². The van der Waals surface area contributed by atoms with Crippen LogP contribution in [0, 0.1) is 6.92 Å². The molecule has 3 nitrogen and oxygen atoms in total. The molecule has 0 saturated heterocycles. The lowest BCUT2D eigenvalue weighted by Gasteiger charge is -2.15. The number of benzene rings is 3. The minimum Gasteiger partial charge on any atom is -0.508 e. The van der Waals surface area contributed by atoms with E-state index in [9.17, 15) is 9.90 Å². The molecule has 3 heteroatoms. The summed E-state index contributed by atoms with van der Waals surface area (Å²) in [4.78, 5) is 12.4. The molecule has 1 amide bonds. The van der Waals surface area contributed by atoms with Gasteiger partial charge in [-0.15, -0.1) is 0 Å². The standard InChI is InChI=1S/C22H21NO2/c1-15-14-20(12-13-21(15)24)22(25)23-16(2)17-8-10-19(11-9-17)18-6-4-3-5-7-18/h3-14,16,24H,1-2H3,(H,23,25)/t16-/m0/s1. The molecule has 0 aromatic heterocycles. The minimum atomic E-state index is -0.150. The average Bonchev–Trinajstić information content (AvgIpc) is 2.64. The third kappa shape index (κ3) is 3.89. The van der Waals surface area contributed by atoms with Gasteiger partial charge in [0.1, 0.15) is 5.75 Å². The number of hydrogen-bond donors (Lipinski definition) is 2. The van der Waals surface area contributed by atoms with Crippen molar-refractivity contribution in [1.29, 1.82) is 0 Å². The third-order valence-electron chi connectivity index (χ3n) is 4.32. The van der Waals surface area contributed by atoms with E-state index in [2.05, 4.69) is 29.6 Å². The van der Waals surface area contributed by atoms with Gasteiger partial charge in [-0.1, -0.05) is 54.6 Å². The van der Waals surface area contributed by atoms with Crippen LogP contribution in [0.3, 0.4) is 0 Å². The fourth-order valence-corrected chi connectivity index (χ4v) is 2.75. The largest absolute Gasteiger partial charge is 0.508 e. The Morgan fingerprint density at radius 2 is 1.56 bits per heavy atom. The van der Waals surface area contributed by atoms with Crippen LogP contribution in [0.15, 0.2) is 72.8 Å². The number of carbonyl (C=O) groups is 1. The number of hydrogen-bond acceptors (Lipinski definition) is 2. The maximum Gasteiger partial charge on any atom is 0.251 e. The predicted octanol–water partition coefficient (Wildman–Crippen LogP) is 4.86. The number of nitrogens with one attached hydrogen (secondary N) is 1. The molecular formula is C22H21NO2. The Balaban J connectivity index is 1.71. The fourth-order valence-electron chi connectivity index (χ4n) is 2.75. The van der Waals surface area contributed by atoms with Gasteiger partial charge < -0.3 is 10.4 Å². The van der Waals surface area contributed by atoms with Crippen molar-refractivity contribution in [1.82, 2.24) is 5.32 Å². The molecular weight excluding hydrogens is 310 g/mol. The SMILES string of the molecule is Cc1cc(C(=O)N[C@@H](C)c2ccc(-c3ccccc3)cc2)ccc1O. The highest BCUT2D eigenvalue weighted by molar-refractivity contribution is 5.94. The maximum absolute atomic E-state index is 12.4. The molecule has 1 atom stereocenters. The Bertz CT molecular complexity index is 870. The molecule has 0 unspecified atom stereocenters. The number of phenols is 1. The molecule has 0 radical (unpaired) electrons. The van der Waals surface area contributed by atoms with Crippen LogP contribution in [0.2, 0.25) is 0 Å². The minimum absolute atomic E-state index is 0.105. The van der Waals surface area contributed by atoms with Crippen LogP contribution in [-0.4, -0.2) is 11.0 Å². The predicted molar refractivity (Wildman–Crippen MR) is 101 cm³/mol. The average molecular weight is 331 g/mol. The van der Waals surface area contributed by atoms with E-state index >= 15 is 0 Å². The Morgan fingerprint density at radius 3 is 2.20 bits per heavy atom. The molecule has 126 valence electrons. The Labute approximate surface area is 148 Å². The Morgan fingerprint density at radius 1 is 0.920 bits per heavy atom. The molecule has 0 aliphatic carbocycles. The molecule has 3 rings (SSSR count). The second kappa shape index (κ2) is 7.22. The lowest BCUT2D eigenvalue weighted by molar-refractivity contribution is 0.0940. The molecule has 0 bridgehead atoms. The second-order valence-corrected chi connectivity index (χ2v) is 6.18. The number of rotatable bonds is 4. The summed E-state index contributed by atoms with van der Waals surface area (Å²) in [6.07, 6.45) is 0. The van der Waals surface area contributed by atoms with Crippen LogP contribution in [0.5, 0.6) is 5.75 Å². The number of phenolic OH excluding ortho intramolecular Hbond substituents is 1. The fraction of sp³-hybridized carbons (Fsp3) is 0.136. The van der Waals surface area contributed by atoms with Crippen LogP contribution >= 0.6 is 0 Å². The molecule has 3 aromatic rings. The zero-order valence-corrected chi connectivity index (χ0v) is 14.4. The smallest absolute Gasteiger partial charge is 0.251 e. The van der Waals surface area contributed by atoms with Gasteiger partial charge in [-0.25, -0.2) is 0 Å². The first kappa shape index (κ1) is 16.8. The van der Waals surface area contributed by atoms with Gasteiger partial charge in [-0.2, -0.15) is 0 Å². The van der Waals surface area contributed by atoms with E-state index in [1.807, 2.05) is 37.3 Å². The summed E-state index contributed by atoms with van der Waals surface area (Å²) in [5.41, 5.74) is 4.60. The van der Waals surface area contributed by atoms with Crippen LogP contribution in [-0.2, 0) is 0 Å². The van der Waals surface area contributed by atoms with Crippen LogP contribution in [0.1, 0.15) is 34.5 Å². The third-order valence-corrected chi connectivity index (χ3v) is 4.32. The molecule has 2 N–H and O–H groups in total. The monoisotopic (exact) mass is 331 g/mol. The molecule has 0 aliphatic heterocycles. The molecule has 25 heavy (non-hydrogen) atoms. The Hall–Kier alpha value is -3.07. The number of carbonyl (C=O) groups excluding carboxylic acids is 1. The van der Waals surface area contributed by atoms with E-state index in [0.29, 0.717) is 11.1 Å². The van der Waals surface area contributed by atoms with E-state index < -0.39 is 0 Å². The first-order valence-corrected chi connectivity index (χ1v) is 8.30. The van der Waals surface area contributed by atoms with E-state index in [1.54, 1.807) is 25.1 Å². The lowest BCUT2D eigenvalue weighted by atomic mass is 10.0. The number of aromatic hydroxyl groups is 1. The first-order valence-electron chi connectivity index (χ1n) is 8.30. The van der Waals surface area contributed by atoms with Gasteiger partial charge in [0.15, 0.2) is 0 Å². The van der Waals surface area contributed by atoms with Crippen molar-refractivity contribution in [2.75, 3.05) is 0 Å². The summed E-state index contributed by atoms with van der Waals surface area (Å²) in [5, 5.41) is 12.6. The normalized spacial score (nSPS) is 11.8. The van der Waals surface area contributed by atoms with Crippen molar-refractivity contribution in [3.63, 3.8) is 0 Å². The Kier molecular flexibility index (Phi) is 4.85. The quantitative estimate of drug-likeness (QED) is 0.717. The van der Waals surface area contributed by atoms with Gasteiger partial charge >= 0.3 is 0 Å². The van der Waals surface area contributed by atoms with Gasteiger partial charge in [0, 0.05) is 5.56 Å². The topological polar surface area (TPSA) is 49.3 Å². The van der Waals surface area contributed by atoms with Crippen molar-refractivity contribution in [3.05, 3.63) is 89.5 Å². The maximum atomic E-state index is 12.4. The second-order valence-electron chi connectivity index (χ2n) is 6.18. The number of aryl methyl sites for hydroxylation is 1. The van der Waals surface area contributed by atoms with Crippen molar-refractivity contribution < 1.29 is 9.90 Å². The molecule has 0 aliphatic rings. The highest BCUT2D eigenvalue weighted by atomic mass is 16.3. The summed E-state index contributed by atoms with van der Waals surface area (Å²) in [6, 6.07) is 23.2. The van der Waals surface area contributed by atoms with Gasteiger partial charge in [-0.3, -0.25) is 4.79 Å². The van der Waals surface area contributed by atoms with E-state index in [-0.39, 0.29) is 17.7 Å². The lowest BCUT2D eigenvalue weighted by Crippen LogP contribution is -2.26. The van der Waals surface area contributed by atoms with Crippen molar-refractivity contribution in [2.45, 2.75) is 19.9 Å². The number of amides is 1.